The molecule has 2 N–H and O–H groups in total. The van der Waals surface area contributed by atoms with Crippen molar-refractivity contribution in [2.75, 3.05) is 23.7 Å². The molecule has 3 rings (SSSR count). The normalized spacial score (nSPS) is 17.1. The fourth-order valence-corrected chi connectivity index (χ4v) is 3.26. The second-order valence-corrected chi connectivity index (χ2v) is 6.16. The predicted molar refractivity (Wildman–Crippen MR) is 85.9 cm³/mol. The Labute approximate surface area is 120 Å². The highest BCUT2D eigenvalue weighted by Crippen LogP contribution is 2.34. The molecule has 0 saturated carbocycles. The largest absolute Gasteiger partial charge is 0.397 e. The van der Waals surface area contributed by atoms with E-state index >= 15 is 0 Å². The van der Waals surface area contributed by atoms with Crippen molar-refractivity contribution in [1.29, 1.82) is 0 Å². The number of nitrogens with zero attached hydrogens (tertiary/aromatic N) is 2. The summed E-state index contributed by atoms with van der Waals surface area (Å²) in [5.74, 6) is 1.65. The van der Waals surface area contributed by atoms with Crippen molar-refractivity contribution in [3.63, 3.8) is 0 Å². The Hall–Kier alpha value is -1.77. The number of hydrogen-bond donors (Lipinski definition) is 1. The molecule has 3 nitrogen and oxygen atoms in total. The number of fused-ring (bicyclic) bond motifs is 1. The Morgan fingerprint density at radius 2 is 1.95 bits per heavy atom. The van der Waals surface area contributed by atoms with Crippen LogP contribution in [0.5, 0.6) is 0 Å². The Kier molecular flexibility index (Phi) is 3.51. The number of hydrogen-bond acceptors (Lipinski definition) is 3. The van der Waals surface area contributed by atoms with Gasteiger partial charge in [-0.15, -0.1) is 0 Å². The monoisotopic (exact) mass is 269 g/mol. The molecule has 1 fully saturated rings. The standard InChI is InChI=1S/C17H23N3/c1-12(2)13-6-9-20(10-7-13)16-4-3-14-11-19-8-5-15(14)17(16)18/h3-5,8,11-13H,6-7,9-10,18H2,1-2H3. The summed E-state index contributed by atoms with van der Waals surface area (Å²) < 4.78 is 0. The molecule has 1 aromatic carbocycles. The number of piperidine rings is 1. The minimum atomic E-state index is 0.789. The maximum absolute atomic E-state index is 6.37. The zero-order chi connectivity index (χ0) is 14.1. The summed E-state index contributed by atoms with van der Waals surface area (Å²) in [6, 6.07) is 6.28. The van der Waals surface area contributed by atoms with Gasteiger partial charge in [-0.25, -0.2) is 0 Å². The summed E-state index contributed by atoms with van der Waals surface area (Å²) >= 11 is 0. The number of pyridine rings is 1. The van der Waals surface area contributed by atoms with Crippen molar-refractivity contribution in [3.8, 4) is 0 Å². The Morgan fingerprint density at radius 1 is 1.20 bits per heavy atom. The van der Waals surface area contributed by atoms with Crippen molar-refractivity contribution in [2.24, 2.45) is 11.8 Å². The second kappa shape index (κ2) is 5.31. The topological polar surface area (TPSA) is 42.2 Å². The first-order chi connectivity index (χ1) is 9.66. The lowest BCUT2D eigenvalue weighted by atomic mass is 9.86. The first-order valence-electron chi connectivity index (χ1n) is 7.54. The van der Waals surface area contributed by atoms with Gasteiger partial charge in [0.15, 0.2) is 0 Å². The molecule has 0 spiro atoms. The van der Waals surface area contributed by atoms with Crippen molar-refractivity contribution in [1.82, 2.24) is 4.98 Å². The number of nitrogens with two attached hydrogens (primary N) is 1. The molecule has 1 aliphatic rings. The van der Waals surface area contributed by atoms with Crippen molar-refractivity contribution in [2.45, 2.75) is 26.7 Å². The molecule has 20 heavy (non-hydrogen) atoms. The van der Waals surface area contributed by atoms with Gasteiger partial charge in [-0.2, -0.15) is 0 Å². The number of anilines is 2. The van der Waals surface area contributed by atoms with E-state index in [1.165, 1.54) is 18.5 Å². The fourth-order valence-electron chi connectivity index (χ4n) is 3.26. The maximum atomic E-state index is 6.37. The number of benzene rings is 1. The molecule has 1 aromatic heterocycles. The van der Waals surface area contributed by atoms with Crippen LogP contribution in [0.4, 0.5) is 11.4 Å². The number of rotatable bonds is 2. The highest BCUT2D eigenvalue weighted by Gasteiger charge is 2.23. The van der Waals surface area contributed by atoms with Gasteiger partial charge in [0.1, 0.15) is 0 Å². The van der Waals surface area contributed by atoms with E-state index in [0.717, 1.165) is 41.4 Å². The van der Waals surface area contributed by atoms with Crippen molar-refractivity contribution in [3.05, 3.63) is 30.6 Å². The van der Waals surface area contributed by atoms with Crippen molar-refractivity contribution < 1.29 is 0 Å². The lowest BCUT2D eigenvalue weighted by Gasteiger charge is -2.36. The SMILES string of the molecule is CC(C)C1CCN(c2ccc3cnccc3c2N)CC1. The van der Waals surface area contributed by atoms with Gasteiger partial charge in [0.25, 0.3) is 0 Å². The summed E-state index contributed by atoms with van der Waals surface area (Å²) in [4.78, 5) is 6.59. The third-order valence-electron chi connectivity index (χ3n) is 4.66. The number of aromatic nitrogens is 1. The minimum Gasteiger partial charge on any atom is -0.397 e. The van der Waals surface area contributed by atoms with E-state index in [0.29, 0.717) is 0 Å². The van der Waals surface area contributed by atoms with Gasteiger partial charge in [0.05, 0.1) is 11.4 Å². The van der Waals surface area contributed by atoms with Crippen LogP contribution in [0.25, 0.3) is 10.8 Å². The fraction of sp³-hybridized carbons (Fsp3) is 0.471. The highest BCUT2D eigenvalue weighted by molar-refractivity contribution is 5.98. The molecule has 2 aromatic rings. The molecule has 0 aliphatic carbocycles. The lowest BCUT2D eigenvalue weighted by Crippen LogP contribution is -2.35. The quantitative estimate of drug-likeness (QED) is 0.845. The molecule has 2 heterocycles. The van der Waals surface area contributed by atoms with Gasteiger partial charge in [-0.05, 0) is 36.8 Å². The Balaban J connectivity index is 1.86. The van der Waals surface area contributed by atoms with E-state index in [1.807, 2.05) is 18.5 Å². The molecule has 0 radical (unpaired) electrons. The number of nitrogen functional groups attached to an aromatic ring is 1. The molecule has 0 unspecified atom stereocenters. The van der Waals surface area contributed by atoms with Crippen LogP contribution in [0.3, 0.4) is 0 Å². The smallest absolute Gasteiger partial charge is 0.0632 e. The molecule has 0 amide bonds. The van der Waals surface area contributed by atoms with Gasteiger partial charge >= 0.3 is 0 Å². The van der Waals surface area contributed by atoms with Crippen LogP contribution in [0, 0.1) is 11.8 Å². The summed E-state index contributed by atoms with van der Waals surface area (Å²) in [6.45, 7) is 6.89. The van der Waals surface area contributed by atoms with Crippen LogP contribution >= 0.6 is 0 Å². The van der Waals surface area contributed by atoms with Crippen molar-refractivity contribution >= 4 is 22.1 Å². The molecule has 0 bridgehead atoms. The second-order valence-electron chi connectivity index (χ2n) is 6.16. The van der Waals surface area contributed by atoms with E-state index in [9.17, 15) is 0 Å². The molecular formula is C17H23N3. The molecule has 1 aliphatic heterocycles. The Morgan fingerprint density at radius 3 is 2.65 bits per heavy atom. The van der Waals surface area contributed by atoms with E-state index in [4.69, 9.17) is 5.73 Å². The zero-order valence-corrected chi connectivity index (χ0v) is 12.3. The summed E-state index contributed by atoms with van der Waals surface area (Å²) in [5.41, 5.74) is 8.46. The van der Waals surface area contributed by atoms with E-state index in [-0.39, 0.29) is 0 Å². The summed E-state index contributed by atoms with van der Waals surface area (Å²) in [6.07, 6.45) is 6.23. The molecule has 0 atom stereocenters. The predicted octanol–water partition coefficient (Wildman–Crippen LogP) is 3.69. The summed E-state index contributed by atoms with van der Waals surface area (Å²) in [5, 5.41) is 2.23. The molecule has 1 saturated heterocycles. The molecular weight excluding hydrogens is 246 g/mol. The van der Waals surface area contributed by atoms with Crippen LogP contribution in [0.1, 0.15) is 26.7 Å². The van der Waals surface area contributed by atoms with Gasteiger partial charge in [0, 0.05) is 36.3 Å². The third-order valence-corrected chi connectivity index (χ3v) is 4.66. The van der Waals surface area contributed by atoms with Crippen LogP contribution in [0.15, 0.2) is 30.6 Å². The highest BCUT2D eigenvalue weighted by atomic mass is 15.1. The first kappa shape index (κ1) is 13.2. The van der Waals surface area contributed by atoms with Gasteiger partial charge in [0.2, 0.25) is 0 Å². The maximum Gasteiger partial charge on any atom is 0.0632 e. The minimum absolute atomic E-state index is 0.789. The van der Waals surface area contributed by atoms with Gasteiger partial charge in [-0.1, -0.05) is 19.9 Å². The van der Waals surface area contributed by atoms with Crippen LogP contribution in [-0.2, 0) is 0 Å². The van der Waals surface area contributed by atoms with Gasteiger partial charge < -0.3 is 10.6 Å². The van der Waals surface area contributed by atoms with Gasteiger partial charge in [-0.3, -0.25) is 4.98 Å². The zero-order valence-electron chi connectivity index (χ0n) is 12.3. The van der Waals surface area contributed by atoms with E-state index < -0.39 is 0 Å². The lowest BCUT2D eigenvalue weighted by molar-refractivity contribution is 0.311. The third kappa shape index (κ3) is 2.33. The van der Waals surface area contributed by atoms with E-state index in [2.05, 4.69) is 35.9 Å². The van der Waals surface area contributed by atoms with Crippen LogP contribution < -0.4 is 10.6 Å². The molecule has 106 valence electrons. The van der Waals surface area contributed by atoms with Crippen LogP contribution in [-0.4, -0.2) is 18.1 Å². The molecule has 3 heteroatoms. The average Bonchev–Trinajstić information content (AvgIpc) is 2.48. The van der Waals surface area contributed by atoms with E-state index in [1.54, 1.807) is 0 Å². The van der Waals surface area contributed by atoms with Crippen LogP contribution in [0.2, 0.25) is 0 Å². The average molecular weight is 269 g/mol. The Bertz CT molecular complexity index is 598. The first-order valence-corrected chi connectivity index (χ1v) is 7.54. The summed E-state index contributed by atoms with van der Waals surface area (Å²) in [7, 11) is 0.